The Morgan fingerprint density at radius 2 is 1.91 bits per heavy atom. The standard InChI is InChI=1S/C23H24ClN3O4S/c1-15-17(24)3-5-20-21(15)25-23(32-20)27(7-6-26-8-10-29-11-9-26)22(28)16-2-4-18-19(14-16)31-13-12-30-18/h2-5,14H,6-13H2,1H3. The summed E-state index contributed by atoms with van der Waals surface area (Å²) in [4.78, 5) is 22.5. The molecule has 1 amide bonds. The molecular formula is C23H24ClN3O4S. The number of morpholine rings is 1. The van der Waals surface area contributed by atoms with Gasteiger partial charge >= 0.3 is 0 Å². The summed E-state index contributed by atoms with van der Waals surface area (Å²) in [5.74, 6) is 1.15. The average molecular weight is 474 g/mol. The summed E-state index contributed by atoms with van der Waals surface area (Å²) in [7, 11) is 0. The van der Waals surface area contributed by atoms with Crippen LogP contribution in [0.5, 0.6) is 11.5 Å². The summed E-state index contributed by atoms with van der Waals surface area (Å²) in [5.41, 5.74) is 2.31. The summed E-state index contributed by atoms with van der Waals surface area (Å²) in [6, 6.07) is 9.17. The Morgan fingerprint density at radius 3 is 2.72 bits per heavy atom. The minimum Gasteiger partial charge on any atom is -0.486 e. The molecule has 3 aromatic rings. The number of aryl methyl sites for hydroxylation is 1. The van der Waals surface area contributed by atoms with Gasteiger partial charge in [-0.15, -0.1) is 0 Å². The second kappa shape index (κ2) is 9.23. The van der Waals surface area contributed by atoms with E-state index in [2.05, 4.69) is 4.90 Å². The monoisotopic (exact) mass is 473 g/mol. The molecule has 2 aliphatic heterocycles. The van der Waals surface area contributed by atoms with Crippen molar-refractivity contribution in [2.45, 2.75) is 6.92 Å². The van der Waals surface area contributed by atoms with Crippen LogP contribution in [0.4, 0.5) is 5.13 Å². The molecule has 5 rings (SSSR count). The lowest BCUT2D eigenvalue weighted by atomic mass is 10.1. The van der Waals surface area contributed by atoms with Crippen molar-refractivity contribution in [3.8, 4) is 11.5 Å². The van der Waals surface area contributed by atoms with Crippen LogP contribution >= 0.6 is 22.9 Å². The lowest BCUT2D eigenvalue weighted by Gasteiger charge is -2.29. The SMILES string of the molecule is Cc1c(Cl)ccc2sc(N(CCN3CCOCC3)C(=O)c3ccc4c(c3)OCCO4)nc12. The number of amides is 1. The zero-order chi connectivity index (χ0) is 22.1. The van der Waals surface area contributed by atoms with Crippen molar-refractivity contribution in [2.24, 2.45) is 0 Å². The number of carbonyl (C=O) groups excluding carboxylic acids is 1. The molecule has 7 nitrogen and oxygen atoms in total. The summed E-state index contributed by atoms with van der Waals surface area (Å²) < 4.78 is 17.8. The summed E-state index contributed by atoms with van der Waals surface area (Å²) in [6.07, 6.45) is 0. The van der Waals surface area contributed by atoms with Gasteiger partial charge in [0.2, 0.25) is 0 Å². The molecule has 168 valence electrons. The zero-order valence-corrected chi connectivity index (χ0v) is 19.4. The molecule has 2 aliphatic rings. The number of thiazole rings is 1. The average Bonchev–Trinajstić information content (AvgIpc) is 3.26. The molecule has 0 unspecified atom stereocenters. The Hall–Kier alpha value is -2.39. The molecule has 0 atom stereocenters. The van der Waals surface area contributed by atoms with Crippen molar-refractivity contribution in [1.29, 1.82) is 0 Å². The molecule has 0 radical (unpaired) electrons. The van der Waals surface area contributed by atoms with Gasteiger partial charge in [0, 0.05) is 36.8 Å². The quantitative estimate of drug-likeness (QED) is 0.558. The molecule has 1 fully saturated rings. The van der Waals surface area contributed by atoms with E-state index in [1.165, 1.54) is 11.3 Å². The lowest BCUT2D eigenvalue weighted by molar-refractivity contribution is 0.0391. The maximum Gasteiger partial charge on any atom is 0.260 e. The number of rotatable bonds is 5. The van der Waals surface area contributed by atoms with E-state index in [-0.39, 0.29) is 5.91 Å². The van der Waals surface area contributed by atoms with Crippen LogP contribution in [-0.2, 0) is 4.74 Å². The fourth-order valence-electron chi connectivity index (χ4n) is 3.89. The highest BCUT2D eigenvalue weighted by Crippen LogP contribution is 2.35. The number of halogens is 1. The molecule has 2 aromatic carbocycles. The summed E-state index contributed by atoms with van der Waals surface area (Å²) in [6.45, 7) is 7.37. The van der Waals surface area contributed by atoms with E-state index in [9.17, 15) is 4.79 Å². The topological polar surface area (TPSA) is 64.1 Å². The molecule has 1 aromatic heterocycles. The van der Waals surface area contributed by atoms with E-state index in [1.54, 1.807) is 23.1 Å². The third kappa shape index (κ3) is 4.28. The van der Waals surface area contributed by atoms with E-state index in [0.717, 1.165) is 48.6 Å². The molecule has 32 heavy (non-hydrogen) atoms. The van der Waals surface area contributed by atoms with E-state index in [1.807, 2.05) is 19.1 Å². The minimum absolute atomic E-state index is 0.113. The normalized spacial score (nSPS) is 16.3. The van der Waals surface area contributed by atoms with Gasteiger partial charge in [-0.25, -0.2) is 4.98 Å². The maximum absolute atomic E-state index is 13.7. The maximum atomic E-state index is 13.7. The summed E-state index contributed by atoms with van der Waals surface area (Å²) in [5, 5.41) is 1.34. The number of nitrogens with zero attached hydrogens (tertiary/aromatic N) is 3. The molecule has 0 bridgehead atoms. The van der Waals surface area contributed by atoms with Gasteiger partial charge in [-0.05, 0) is 42.8 Å². The highest BCUT2D eigenvalue weighted by molar-refractivity contribution is 7.22. The molecule has 0 aliphatic carbocycles. The second-order valence-corrected chi connectivity index (χ2v) is 9.20. The third-order valence-electron chi connectivity index (χ3n) is 5.75. The smallest absolute Gasteiger partial charge is 0.260 e. The van der Waals surface area contributed by atoms with Gasteiger partial charge in [-0.2, -0.15) is 0 Å². The Kier molecular flexibility index (Phi) is 6.19. The Morgan fingerprint density at radius 1 is 1.12 bits per heavy atom. The van der Waals surface area contributed by atoms with Gasteiger partial charge in [-0.1, -0.05) is 22.9 Å². The van der Waals surface area contributed by atoms with Gasteiger partial charge in [-0.3, -0.25) is 14.6 Å². The fraction of sp³-hybridized carbons (Fsp3) is 0.391. The van der Waals surface area contributed by atoms with E-state index in [4.69, 9.17) is 30.8 Å². The van der Waals surface area contributed by atoms with Crippen molar-refractivity contribution in [1.82, 2.24) is 9.88 Å². The number of carbonyl (C=O) groups is 1. The number of hydrogen-bond acceptors (Lipinski definition) is 7. The highest BCUT2D eigenvalue weighted by Gasteiger charge is 2.25. The fourth-order valence-corrected chi connectivity index (χ4v) is 5.09. The van der Waals surface area contributed by atoms with E-state index < -0.39 is 0 Å². The molecule has 9 heteroatoms. The van der Waals surface area contributed by atoms with Crippen molar-refractivity contribution < 1.29 is 19.0 Å². The van der Waals surface area contributed by atoms with Crippen LogP contribution < -0.4 is 14.4 Å². The number of hydrogen-bond donors (Lipinski definition) is 0. The van der Waals surface area contributed by atoms with Gasteiger partial charge < -0.3 is 14.2 Å². The predicted octanol–water partition coefficient (Wildman–Crippen LogP) is 4.01. The second-order valence-electron chi connectivity index (χ2n) is 7.78. The summed E-state index contributed by atoms with van der Waals surface area (Å²) >= 11 is 7.81. The molecule has 1 saturated heterocycles. The van der Waals surface area contributed by atoms with Gasteiger partial charge in [0.15, 0.2) is 16.6 Å². The van der Waals surface area contributed by atoms with Crippen molar-refractivity contribution >= 4 is 44.2 Å². The Balaban J connectivity index is 1.47. The van der Waals surface area contributed by atoms with Crippen molar-refractivity contribution in [3.05, 3.63) is 46.5 Å². The number of ether oxygens (including phenoxy) is 3. The van der Waals surface area contributed by atoms with E-state index in [0.29, 0.717) is 47.0 Å². The first kappa shape index (κ1) is 21.5. The van der Waals surface area contributed by atoms with Crippen LogP contribution in [0.1, 0.15) is 15.9 Å². The van der Waals surface area contributed by atoms with Gasteiger partial charge in [0.1, 0.15) is 13.2 Å². The molecule has 3 heterocycles. The predicted molar refractivity (Wildman–Crippen MR) is 126 cm³/mol. The van der Waals surface area contributed by atoms with Gasteiger partial charge in [0.25, 0.3) is 5.91 Å². The number of fused-ring (bicyclic) bond motifs is 2. The van der Waals surface area contributed by atoms with Crippen LogP contribution in [0, 0.1) is 6.92 Å². The van der Waals surface area contributed by atoms with Crippen molar-refractivity contribution in [2.75, 3.05) is 57.5 Å². The van der Waals surface area contributed by atoms with Crippen LogP contribution in [0.15, 0.2) is 30.3 Å². The van der Waals surface area contributed by atoms with E-state index >= 15 is 0 Å². The molecule has 0 saturated carbocycles. The Labute approximate surface area is 195 Å². The first-order chi connectivity index (χ1) is 15.6. The Bertz CT molecular complexity index is 1150. The van der Waals surface area contributed by atoms with Crippen LogP contribution in [-0.4, -0.2) is 68.4 Å². The number of benzene rings is 2. The number of anilines is 1. The first-order valence-corrected chi connectivity index (χ1v) is 11.9. The van der Waals surface area contributed by atoms with Crippen LogP contribution in [0.25, 0.3) is 10.2 Å². The molecule has 0 spiro atoms. The minimum atomic E-state index is -0.113. The first-order valence-electron chi connectivity index (χ1n) is 10.7. The number of aromatic nitrogens is 1. The third-order valence-corrected chi connectivity index (χ3v) is 7.20. The van der Waals surface area contributed by atoms with Crippen LogP contribution in [0.3, 0.4) is 0 Å². The van der Waals surface area contributed by atoms with Gasteiger partial charge in [0.05, 0.1) is 23.4 Å². The lowest BCUT2D eigenvalue weighted by Crippen LogP contribution is -2.43. The highest BCUT2D eigenvalue weighted by atomic mass is 35.5. The molecule has 0 N–H and O–H groups in total. The molecular weight excluding hydrogens is 450 g/mol. The van der Waals surface area contributed by atoms with Crippen LogP contribution in [0.2, 0.25) is 5.02 Å². The van der Waals surface area contributed by atoms with Crippen molar-refractivity contribution in [3.63, 3.8) is 0 Å². The largest absolute Gasteiger partial charge is 0.486 e. The zero-order valence-electron chi connectivity index (χ0n) is 17.8.